The standard InChI is InChI=1S/C21H24F3N5O2S.ClH/c1-14-18(31-13-25-14)19-26-27-20(28(19)2)32-11-3-8-29-9-10-30-17(12-29)15-4-6-16(7-5-15)21(22,23)24;/h4-7,13,17H,3,8-12H2,1-2H3;1H/t17-;/m0./s1. The van der Waals surface area contributed by atoms with Crippen LogP contribution in [0.1, 0.15) is 29.3 Å². The smallest absolute Gasteiger partial charge is 0.416 e. The minimum absolute atomic E-state index is 0. The van der Waals surface area contributed by atoms with E-state index in [1.54, 1.807) is 11.8 Å². The van der Waals surface area contributed by atoms with Crippen LogP contribution < -0.4 is 0 Å². The molecule has 0 N–H and O–H groups in total. The van der Waals surface area contributed by atoms with Gasteiger partial charge in [-0.1, -0.05) is 23.9 Å². The van der Waals surface area contributed by atoms with Crippen molar-refractivity contribution >= 4 is 24.2 Å². The fraction of sp³-hybridized carbons (Fsp3) is 0.476. The summed E-state index contributed by atoms with van der Waals surface area (Å²) in [6.07, 6.45) is -2.21. The zero-order chi connectivity index (χ0) is 22.7. The molecular formula is C21H25ClF3N5O2S. The van der Waals surface area contributed by atoms with Gasteiger partial charge in [0.05, 0.1) is 24.0 Å². The topological polar surface area (TPSA) is 69.2 Å². The van der Waals surface area contributed by atoms with E-state index < -0.39 is 11.7 Å². The summed E-state index contributed by atoms with van der Waals surface area (Å²) in [5.74, 6) is 2.13. The highest BCUT2D eigenvalue weighted by molar-refractivity contribution is 7.99. The molecule has 7 nitrogen and oxygen atoms in total. The first-order valence-electron chi connectivity index (χ1n) is 10.3. The molecule has 33 heavy (non-hydrogen) atoms. The Morgan fingerprint density at radius 3 is 2.61 bits per heavy atom. The van der Waals surface area contributed by atoms with Gasteiger partial charge in [0, 0.05) is 25.9 Å². The Balaban J connectivity index is 0.00000306. The van der Waals surface area contributed by atoms with E-state index in [2.05, 4.69) is 20.1 Å². The van der Waals surface area contributed by atoms with Crippen molar-refractivity contribution in [2.75, 3.05) is 32.0 Å². The van der Waals surface area contributed by atoms with E-state index in [0.717, 1.165) is 53.8 Å². The van der Waals surface area contributed by atoms with Crippen molar-refractivity contribution in [2.24, 2.45) is 7.05 Å². The van der Waals surface area contributed by atoms with Crippen molar-refractivity contribution in [3.8, 4) is 11.6 Å². The fourth-order valence-electron chi connectivity index (χ4n) is 3.60. The molecule has 3 aromatic rings. The second-order valence-corrected chi connectivity index (χ2v) is 8.68. The maximum Gasteiger partial charge on any atom is 0.416 e. The molecule has 180 valence electrons. The number of rotatable bonds is 7. The van der Waals surface area contributed by atoms with Gasteiger partial charge in [-0.3, -0.25) is 4.90 Å². The number of aryl methyl sites for hydroxylation is 1. The molecule has 12 heteroatoms. The Morgan fingerprint density at radius 2 is 1.94 bits per heavy atom. The van der Waals surface area contributed by atoms with Gasteiger partial charge in [0.1, 0.15) is 0 Å². The molecule has 1 aliphatic rings. The van der Waals surface area contributed by atoms with Crippen LogP contribution in [-0.2, 0) is 18.0 Å². The Labute approximate surface area is 200 Å². The highest BCUT2D eigenvalue weighted by atomic mass is 35.5. The first kappa shape index (κ1) is 25.5. The molecule has 1 atom stereocenters. The van der Waals surface area contributed by atoms with Gasteiger partial charge < -0.3 is 13.7 Å². The molecule has 0 spiro atoms. The van der Waals surface area contributed by atoms with Gasteiger partial charge in [0.25, 0.3) is 0 Å². The summed E-state index contributed by atoms with van der Waals surface area (Å²) in [5, 5.41) is 9.27. The van der Waals surface area contributed by atoms with Crippen LogP contribution in [0, 0.1) is 6.92 Å². The summed E-state index contributed by atoms with van der Waals surface area (Å²) in [6.45, 7) is 4.76. The van der Waals surface area contributed by atoms with Crippen molar-refractivity contribution in [3.05, 3.63) is 47.5 Å². The summed E-state index contributed by atoms with van der Waals surface area (Å²) in [4.78, 5) is 6.38. The van der Waals surface area contributed by atoms with Gasteiger partial charge in [-0.15, -0.1) is 22.6 Å². The number of aromatic nitrogens is 4. The molecule has 0 bridgehead atoms. The number of halogens is 4. The monoisotopic (exact) mass is 503 g/mol. The molecular weight excluding hydrogens is 479 g/mol. The summed E-state index contributed by atoms with van der Waals surface area (Å²) < 4.78 is 51.4. The van der Waals surface area contributed by atoms with Crippen LogP contribution in [0.25, 0.3) is 11.6 Å². The zero-order valence-electron chi connectivity index (χ0n) is 18.2. The summed E-state index contributed by atoms with van der Waals surface area (Å²) >= 11 is 1.62. The van der Waals surface area contributed by atoms with Gasteiger partial charge in [0.15, 0.2) is 17.3 Å². The molecule has 1 aliphatic heterocycles. The van der Waals surface area contributed by atoms with Crippen molar-refractivity contribution in [1.29, 1.82) is 0 Å². The second-order valence-electron chi connectivity index (χ2n) is 7.61. The van der Waals surface area contributed by atoms with E-state index in [9.17, 15) is 13.2 Å². The molecule has 2 aromatic heterocycles. The highest BCUT2D eigenvalue weighted by Gasteiger charge is 2.30. The lowest BCUT2D eigenvalue weighted by molar-refractivity contribution is -0.137. The molecule has 0 saturated carbocycles. The van der Waals surface area contributed by atoms with Crippen molar-refractivity contribution < 1.29 is 22.3 Å². The van der Waals surface area contributed by atoms with Crippen LogP contribution in [0.15, 0.2) is 40.2 Å². The first-order chi connectivity index (χ1) is 15.3. The third kappa shape index (κ3) is 6.08. The van der Waals surface area contributed by atoms with Gasteiger partial charge in [-0.25, -0.2) is 4.98 Å². The predicted molar refractivity (Wildman–Crippen MR) is 120 cm³/mol. The maximum atomic E-state index is 12.8. The van der Waals surface area contributed by atoms with E-state index in [0.29, 0.717) is 24.7 Å². The molecule has 0 unspecified atom stereocenters. The summed E-state index contributed by atoms with van der Waals surface area (Å²) in [5.41, 5.74) is 0.898. The van der Waals surface area contributed by atoms with Crippen LogP contribution in [0.3, 0.4) is 0 Å². The lowest BCUT2D eigenvalue weighted by Crippen LogP contribution is -2.39. The van der Waals surface area contributed by atoms with E-state index in [1.165, 1.54) is 18.5 Å². The largest absolute Gasteiger partial charge is 0.440 e. The molecule has 0 radical (unpaired) electrons. The quantitative estimate of drug-likeness (QED) is 0.339. The average molecular weight is 504 g/mol. The van der Waals surface area contributed by atoms with Gasteiger partial charge >= 0.3 is 6.18 Å². The summed E-state index contributed by atoms with van der Waals surface area (Å²) in [6, 6.07) is 5.25. The van der Waals surface area contributed by atoms with Crippen molar-refractivity contribution in [3.63, 3.8) is 0 Å². The number of oxazole rings is 1. The molecule has 0 amide bonds. The minimum atomic E-state index is -4.33. The van der Waals surface area contributed by atoms with Crippen LogP contribution in [0.2, 0.25) is 0 Å². The van der Waals surface area contributed by atoms with E-state index in [1.807, 2.05) is 18.5 Å². The highest BCUT2D eigenvalue weighted by Crippen LogP contribution is 2.31. The number of alkyl halides is 3. The Kier molecular flexibility index (Phi) is 8.43. The summed E-state index contributed by atoms with van der Waals surface area (Å²) in [7, 11) is 1.90. The van der Waals surface area contributed by atoms with E-state index in [-0.39, 0.29) is 18.5 Å². The number of hydrogen-bond acceptors (Lipinski definition) is 7. The van der Waals surface area contributed by atoms with E-state index >= 15 is 0 Å². The van der Waals surface area contributed by atoms with Crippen LogP contribution in [-0.4, -0.2) is 56.6 Å². The minimum Gasteiger partial charge on any atom is -0.440 e. The number of ether oxygens (including phenoxy) is 1. The lowest BCUT2D eigenvalue weighted by atomic mass is 10.1. The molecule has 3 heterocycles. The van der Waals surface area contributed by atoms with Crippen molar-refractivity contribution in [2.45, 2.75) is 30.8 Å². The van der Waals surface area contributed by atoms with E-state index in [4.69, 9.17) is 9.15 Å². The predicted octanol–water partition coefficient (Wildman–Crippen LogP) is 4.77. The Morgan fingerprint density at radius 1 is 1.18 bits per heavy atom. The first-order valence-corrected chi connectivity index (χ1v) is 11.2. The third-order valence-electron chi connectivity index (χ3n) is 5.39. The van der Waals surface area contributed by atoms with Crippen LogP contribution >= 0.6 is 24.2 Å². The second kappa shape index (κ2) is 10.9. The van der Waals surface area contributed by atoms with Crippen molar-refractivity contribution in [1.82, 2.24) is 24.6 Å². The number of benzene rings is 1. The van der Waals surface area contributed by atoms with Crippen LogP contribution in [0.4, 0.5) is 13.2 Å². The molecule has 1 saturated heterocycles. The number of thioether (sulfide) groups is 1. The fourth-order valence-corrected chi connectivity index (χ4v) is 4.44. The maximum absolute atomic E-state index is 12.8. The Hall–Kier alpha value is -2.08. The SMILES string of the molecule is Cc1ncoc1-c1nnc(SCCCN2CCO[C@H](c3ccc(C(F)(F)F)cc3)C2)n1C.Cl. The van der Waals surface area contributed by atoms with Gasteiger partial charge in [0.2, 0.25) is 5.82 Å². The lowest BCUT2D eigenvalue weighted by Gasteiger charge is -2.33. The van der Waals surface area contributed by atoms with Gasteiger partial charge in [-0.2, -0.15) is 13.2 Å². The van der Waals surface area contributed by atoms with Gasteiger partial charge in [-0.05, 0) is 37.6 Å². The molecule has 0 aliphatic carbocycles. The molecule has 1 fully saturated rings. The normalized spacial score (nSPS) is 17.2. The number of morpholine rings is 1. The number of hydrogen-bond donors (Lipinski definition) is 0. The zero-order valence-corrected chi connectivity index (χ0v) is 19.8. The molecule has 4 rings (SSSR count). The third-order valence-corrected chi connectivity index (χ3v) is 6.50. The average Bonchev–Trinajstić information content (AvgIpc) is 3.36. The number of nitrogens with zero attached hydrogens (tertiary/aromatic N) is 5. The van der Waals surface area contributed by atoms with Crippen LogP contribution in [0.5, 0.6) is 0 Å². The Bertz CT molecular complexity index is 1040. The molecule has 1 aromatic carbocycles.